The molecule has 1 N–H and O–H groups in total. The minimum atomic E-state index is 0.486. The quantitative estimate of drug-likeness (QED) is 0.852. The molecular weight excluding hydrogens is 276 g/mol. The molecule has 118 valence electrons. The van der Waals surface area contributed by atoms with Crippen LogP contribution in [0.25, 0.3) is 0 Å². The van der Waals surface area contributed by atoms with Gasteiger partial charge in [-0.2, -0.15) is 4.98 Å². The Bertz CT molecular complexity index is 583. The Morgan fingerprint density at radius 2 is 1.91 bits per heavy atom. The van der Waals surface area contributed by atoms with Crippen LogP contribution in [0.4, 0.5) is 11.8 Å². The molecule has 0 radical (unpaired) electrons. The average molecular weight is 300 g/mol. The molecule has 1 heterocycles. The first-order chi connectivity index (χ1) is 10.6. The van der Waals surface area contributed by atoms with Gasteiger partial charge < -0.3 is 15.0 Å². The second kappa shape index (κ2) is 7.64. The summed E-state index contributed by atoms with van der Waals surface area (Å²) in [6.07, 6.45) is 2.78. The minimum absolute atomic E-state index is 0.486. The zero-order valence-corrected chi connectivity index (χ0v) is 13.7. The van der Waals surface area contributed by atoms with Crippen molar-refractivity contribution in [2.24, 2.45) is 5.92 Å². The van der Waals surface area contributed by atoms with Gasteiger partial charge in [-0.05, 0) is 36.1 Å². The Hall–Kier alpha value is -2.30. The summed E-state index contributed by atoms with van der Waals surface area (Å²) < 4.78 is 5.18. The molecule has 1 atom stereocenters. The Balaban J connectivity index is 1.86. The van der Waals surface area contributed by atoms with E-state index in [9.17, 15) is 0 Å². The van der Waals surface area contributed by atoms with E-state index in [1.165, 1.54) is 5.56 Å². The van der Waals surface area contributed by atoms with E-state index < -0.39 is 0 Å². The molecule has 2 aromatic rings. The molecule has 0 saturated heterocycles. The van der Waals surface area contributed by atoms with Crippen LogP contribution in [-0.2, 0) is 6.42 Å². The van der Waals surface area contributed by atoms with E-state index in [-0.39, 0.29) is 0 Å². The maximum absolute atomic E-state index is 5.18. The number of methoxy groups -OCH3 is 1. The predicted octanol–water partition coefficient (Wildman–Crippen LogP) is 2.84. The van der Waals surface area contributed by atoms with Gasteiger partial charge in [-0.15, -0.1) is 0 Å². The van der Waals surface area contributed by atoms with E-state index in [0.29, 0.717) is 11.9 Å². The monoisotopic (exact) mass is 300 g/mol. The van der Waals surface area contributed by atoms with Crippen LogP contribution >= 0.6 is 0 Å². The first kappa shape index (κ1) is 16.1. The summed E-state index contributed by atoms with van der Waals surface area (Å²) in [4.78, 5) is 10.7. The van der Waals surface area contributed by atoms with Crippen LogP contribution in [-0.4, -0.2) is 37.7 Å². The SMILES string of the molecule is COc1ccc(CC(C)CNc2nccc(N(C)C)n2)cc1. The highest BCUT2D eigenvalue weighted by molar-refractivity contribution is 5.40. The van der Waals surface area contributed by atoms with E-state index in [4.69, 9.17) is 4.74 Å². The number of hydrogen-bond donors (Lipinski definition) is 1. The van der Waals surface area contributed by atoms with Crippen molar-refractivity contribution < 1.29 is 4.74 Å². The lowest BCUT2D eigenvalue weighted by molar-refractivity contribution is 0.414. The van der Waals surface area contributed by atoms with Crippen molar-refractivity contribution in [3.05, 3.63) is 42.1 Å². The molecule has 1 aromatic heterocycles. The third-order valence-corrected chi connectivity index (χ3v) is 3.45. The highest BCUT2D eigenvalue weighted by Gasteiger charge is 2.06. The number of nitrogens with one attached hydrogen (secondary N) is 1. The first-order valence-corrected chi connectivity index (χ1v) is 7.45. The molecule has 22 heavy (non-hydrogen) atoms. The molecule has 2 rings (SSSR count). The van der Waals surface area contributed by atoms with Crippen molar-refractivity contribution in [1.29, 1.82) is 0 Å². The lowest BCUT2D eigenvalue weighted by Gasteiger charge is -2.15. The summed E-state index contributed by atoms with van der Waals surface area (Å²) in [5.74, 6) is 2.96. The highest BCUT2D eigenvalue weighted by Crippen LogP contribution is 2.15. The zero-order chi connectivity index (χ0) is 15.9. The summed E-state index contributed by atoms with van der Waals surface area (Å²) in [6.45, 7) is 3.05. The second-order valence-electron chi connectivity index (χ2n) is 5.67. The summed E-state index contributed by atoms with van der Waals surface area (Å²) in [5.41, 5.74) is 1.30. The van der Waals surface area contributed by atoms with Crippen LogP contribution in [0.2, 0.25) is 0 Å². The van der Waals surface area contributed by atoms with Crippen LogP contribution in [0.3, 0.4) is 0 Å². The van der Waals surface area contributed by atoms with Gasteiger partial charge in [0, 0.05) is 26.8 Å². The van der Waals surface area contributed by atoms with Crippen molar-refractivity contribution in [3.63, 3.8) is 0 Å². The van der Waals surface area contributed by atoms with Crippen molar-refractivity contribution in [3.8, 4) is 5.75 Å². The average Bonchev–Trinajstić information content (AvgIpc) is 2.54. The van der Waals surface area contributed by atoms with Gasteiger partial charge in [-0.3, -0.25) is 0 Å². The number of ether oxygens (including phenoxy) is 1. The lowest BCUT2D eigenvalue weighted by atomic mass is 10.0. The van der Waals surface area contributed by atoms with Crippen LogP contribution in [0.5, 0.6) is 5.75 Å². The van der Waals surface area contributed by atoms with Crippen molar-refractivity contribution >= 4 is 11.8 Å². The van der Waals surface area contributed by atoms with E-state index in [2.05, 4.69) is 34.3 Å². The van der Waals surface area contributed by atoms with Gasteiger partial charge in [0.1, 0.15) is 11.6 Å². The smallest absolute Gasteiger partial charge is 0.224 e. The molecule has 5 nitrogen and oxygen atoms in total. The molecule has 5 heteroatoms. The van der Waals surface area contributed by atoms with Crippen LogP contribution < -0.4 is 15.0 Å². The number of anilines is 2. The van der Waals surface area contributed by atoms with Crippen molar-refractivity contribution in [1.82, 2.24) is 9.97 Å². The molecule has 1 unspecified atom stereocenters. The third kappa shape index (κ3) is 4.62. The van der Waals surface area contributed by atoms with Gasteiger partial charge in [-0.25, -0.2) is 4.98 Å². The van der Waals surface area contributed by atoms with Gasteiger partial charge >= 0.3 is 0 Å². The Labute approximate surface area is 132 Å². The largest absolute Gasteiger partial charge is 0.497 e. The molecule has 1 aromatic carbocycles. The fourth-order valence-corrected chi connectivity index (χ4v) is 2.19. The standard InChI is InChI=1S/C17H24N4O/c1-13(11-14-5-7-15(22-4)8-6-14)12-19-17-18-10-9-16(20-17)21(2)3/h5-10,13H,11-12H2,1-4H3,(H,18,19,20). The number of benzene rings is 1. The Morgan fingerprint density at radius 3 is 2.55 bits per heavy atom. The van der Waals surface area contributed by atoms with Gasteiger partial charge in [-0.1, -0.05) is 19.1 Å². The molecule has 0 bridgehead atoms. The Morgan fingerprint density at radius 1 is 1.18 bits per heavy atom. The highest BCUT2D eigenvalue weighted by atomic mass is 16.5. The van der Waals surface area contributed by atoms with E-state index >= 15 is 0 Å². The van der Waals surface area contributed by atoms with Gasteiger partial charge in [0.05, 0.1) is 7.11 Å². The maximum Gasteiger partial charge on any atom is 0.224 e. The van der Waals surface area contributed by atoms with Crippen molar-refractivity contribution in [2.75, 3.05) is 38.0 Å². The Kier molecular flexibility index (Phi) is 5.58. The van der Waals surface area contributed by atoms with E-state index in [1.807, 2.05) is 37.2 Å². The lowest BCUT2D eigenvalue weighted by Crippen LogP contribution is -2.17. The molecule has 0 amide bonds. The fraction of sp³-hybridized carbons (Fsp3) is 0.412. The minimum Gasteiger partial charge on any atom is -0.497 e. The van der Waals surface area contributed by atoms with E-state index in [1.54, 1.807) is 13.3 Å². The first-order valence-electron chi connectivity index (χ1n) is 7.45. The van der Waals surface area contributed by atoms with Crippen LogP contribution in [0, 0.1) is 5.92 Å². The molecule has 0 aliphatic rings. The number of rotatable bonds is 7. The number of hydrogen-bond acceptors (Lipinski definition) is 5. The summed E-state index contributed by atoms with van der Waals surface area (Å²) in [6, 6.07) is 10.1. The van der Waals surface area contributed by atoms with Crippen LogP contribution in [0.1, 0.15) is 12.5 Å². The number of nitrogens with zero attached hydrogens (tertiary/aromatic N) is 3. The summed E-state index contributed by atoms with van der Waals surface area (Å²) in [7, 11) is 5.63. The summed E-state index contributed by atoms with van der Waals surface area (Å²) >= 11 is 0. The van der Waals surface area contributed by atoms with E-state index in [0.717, 1.165) is 24.5 Å². The molecular formula is C17H24N4O. The van der Waals surface area contributed by atoms with Gasteiger partial charge in [0.15, 0.2) is 0 Å². The molecule has 0 fully saturated rings. The summed E-state index contributed by atoms with van der Waals surface area (Å²) in [5, 5.41) is 3.31. The predicted molar refractivity (Wildman–Crippen MR) is 90.7 cm³/mol. The molecule has 0 aliphatic heterocycles. The molecule has 0 saturated carbocycles. The van der Waals surface area contributed by atoms with Gasteiger partial charge in [0.2, 0.25) is 5.95 Å². The zero-order valence-electron chi connectivity index (χ0n) is 13.7. The third-order valence-electron chi connectivity index (χ3n) is 3.45. The topological polar surface area (TPSA) is 50.3 Å². The normalized spacial score (nSPS) is 11.8. The van der Waals surface area contributed by atoms with Gasteiger partial charge in [0.25, 0.3) is 0 Å². The molecule has 0 spiro atoms. The van der Waals surface area contributed by atoms with Crippen LogP contribution in [0.15, 0.2) is 36.5 Å². The molecule has 0 aliphatic carbocycles. The maximum atomic E-state index is 5.18. The second-order valence-corrected chi connectivity index (χ2v) is 5.67. The number of aromatic nitrogens is 2. The van der Waals surface area contributed by atoms with Crippen molar-refractivity contribution in [2.45, 2.75) is 13.3 Å². The fourth-order valence-electron chi connectivity index (χ4n) is 2.19.